The zero-order valence-corrected chi connectivity index (χ0v) is 16.2. The molecule has 0 aliphatic carbocycles. The Morgan fingerprint density at radius 1 is 0.565 bits per heavy atom. The van der Waals surface area contributed by atoms with Crippen LogP contribution in [0.15, 0.2) is 12.4 Å². The highest BCUT2D eigenvalue weighted by molar-refractivity contribution is 4.95. The Bertz CT molecular complexity index is 288. The fraction of sp³-hybridized carbons (Fsp3) is 0.905. The number of hydrogen-bond acceptors (Lipinski definition) is 2. The molecule has 1 atom stereocenters. The first-order valence-electron chi connectivity index (χ1n) is 10.5. The number of unbranched alkanes of at least 4 members (excludes halogenated alkanes) is 11. The van der Waals surface area contributed by atoms with Gasteiger partial charge >= 0.3 is 0 Å². The largest absolute Gasteiger partial charge is 0.356 e. The van der Waals surface area contributed by atoms with Crippen LogP contribution in [0.5, 0.6) is 0 Å². The molecule has 0 amide bonds. The molecule has 0 aromatic carbocycles. The van der Waals surface area contributed by atoms with E-state index in [0.29, 0.717) is 6.17 Å². The maximum atomic E-state index is 2.52. The number of hydrogen-bond donors (Lipinski definition) is 0. The van der Waals surface area contributed by atoms with Crippen molar-refractivity contribution in [3.63, 3.8) is 0 Å². The SMILES string of the molecule is CCCCCCCCCCCCN1C=CN(CCCCC)C1C. The van der Waals surface area contributed by atoms with Gasteiger partial charge in [-0.1, -0.05) is 84.5 Å². The third kappa shape index (κ3) is 9.27. The lowest BCUT2D eigenvalue weighted by Gasteiger charge is -2.29. The molecule has 0 spiro atoms. The van der Waals surface area contributed by atoms with Gasteiger partial charge in [0.1, 0.15) is 0 Å². The Morgan fingerprint density at radius 3 is 1.39 bits per heavy atom. The smallest absolute Gasteiger partial charge is 0.0977 e. The molecular formula is C21H42N2. The third-order valence-electron chi connectivity index (χ3n) is 5.20. The van der Waals surface area contributed by atoms with E-state index in [-0.39, 0.29) is 0 Å². The van der Waals surface area contributed by atoms with Gasteiger partial charge in [0.25, 0.3) is 0 Å². The molecule has 1 heterocycles. The first-order valence-corrected chi connectivity index (χ1v) is 10.5. The summed E-state index contributed by atoms with van der Waals surface area (Å²) < 4.78 is 0. The molecule has 0 radical (unpaired) electrons. The Balaban J connectivity index is 1.93. The summed E-state index contributed by atoms with van der Waals surface area (Å²) in [5, 5.41) is 0. The van der Waals surface area contributed by atoms with E-state index in [1.54, 1.807) is 0 Å². The van der Waals surface area contributed by atoms with Crippen molar-refractivity contribution < 1.29 is 0 Å². The highest BCUT2D eigenvalue weighted by Crippen LogP contribution is 2.18. The summed E-state index contributed by atoms with van der Waals surface area (Å²) in [5.74, 6) is 0. The van der Waals surface area contributed by atoms with Gasteiger partial charge in [-0.25, -0.2) is 0 Å². The normalized spacial score (nSPS) is 17.4. The van der Waals surface area contributed by atoms with Crippen molar-refractivity contribution in [2.24, 2.45) is 0 Å². The van der Waals surface area contributed by atoms with E-state index < -0.39 is 0 Å². The van der Waals surface area contributed by atoms with E-state index in [4.69, 9.17) is 0 Å². The molecule has 1 aliphatic rings. The second-order valence-corrected chi connectivity index (χ2v) is 7.29. The molecule has 23 heavy (non-hydrogen) atoms. The first-order chi connectivity index (χ1) is 11.3. The molecule has 0 aromatic heterocycles. The minimum absolute atomic E-state index is 0.574. The Labute approximate surface area is 146 Å². The van der Waals surface area contributed by atoms with E-state index in [9.17, 15) is 0 Å². The fourth-order valence-electron chi connectivity index (χ4n) is 3.46. The van der Waals surface area contributed by atoms with Crippen molar-refractivity contribution in [2.45, 2.75) is 110 Å². The average molecular weight is 323 g/mol. The maximum Gasteiger partial charge on any atom is 0.0977 e. The van der Waals surface area contributed by atoms with Gasteiger partial charge in [0.2, 0.25) is 0 Å². The van der Waals surface area contributed by atoms with E-state index in [1.165, 1.54) is 96.6 Å². The van der Waals surface area contributed by atoms with E-state index in [0.717, 1.165) is 0 Å². The quantitative estimate of drug-likeness (QED) is 0.316. The summed E-state index contributed by atoms with van der Waals surface area (Å²) in [6.45, 7) is 9.38. The standard InChI is InChI=1S/C21H42N2/c1-4-6-8-9-10-11-12-13-14-16-18-23-20-19-22(21(23)3)17-15-7-5-2/h19-21H,4-18H2,1-3H3. The number of rotatable bonds is 15. The van der Waals surface area contributed by atoms with Crippen LogP contribution < -0.4 is 0 Å². The Kier molecular flexibility index (Phi) is 12.2. The first kappa shape index (κ1) is 20.4. The summed E-state index contributed by atoms with van der Waals surface area (Å²) in [6.07, 6.45) is 23.4. The zero-order chi connectivity index (χ0) is 16.8. The molecule has 2 heteroatoms. The predicted octanol–water partition coefficient (Wildman–Crippen LogP) is 6.53. The van der Waals surface area contributed by atoms with E-state index in [1.807, 2.05) is 0 Å². The maximum absolute atomic E-state index is 2.52. The van der Waals surface area contributed by atoms with Crippen LogP contribution >= 0.6 is 0 Å². The van der Waals surface area contributed by atoms with Gasteiger partial charge in [0.15, 0.2) is 0 Å². The molecule has 0 bridgehead atoms. The Hall–Kier alpha value is -0.660. The van der Waals surface area contributed by atoms with Gasteiger partial charge in [-0.3, -0.25) is 0 Å². The van der Waals surface area contributed by atoms with Gasteiger partial charge in [-0.05, 0) is 19.8 Å². The summed E-state index contributed by atoms with van der Waals surface area (Å²) in [4.78, 5) is 5.03. The summed E-state index contributed by atoms with van der Waals surface area (Å²) >= 11 is 0. The number of nitrogens with zero attached hydrogens (tertiary/aromatic N) is 2. The monoisotopic (exact) mass is 322 g/mol. The molecule has 1 unspecified atom stereocenters. The van der Waals surface area contributed by atoms with Crippen LogP contribution in [0, 0.1) is 0 Å². The van der Waals surface area contributed by atoms with Gasteiger partial charge in [0, 0.05) is 25.5 Å². The molecule has 0 N–H and O–H groups in total. The highest BCUT2D eigenvalue weighted by Gasteiger charge is 2.20. The molecule has 0 saturated heterocycles. The van der Waals surface area contributed by atoms with Crippen LogP contribution in [-0.4, -0.2) is 29.1 Å². The lowest BCUT2D eigenvalue weighted by molar-refractivity contribution is 0.165. The van der Waals surface area contributed by atoms with Gasteiger partial charge in [0.05, 0.1) is 6.17 Å². The van der Waals surface area contributed by atoms with Crippen LogP contribution in [0.2, 0.25) is 0 Å². The lowest BCUT2D eigenvalue weighted by Crippen LogP contribution is -2.36. The molecule has 136 valence electrons. The van der Waals surface area contributed by atoms with Crippen LogP contribution in [-0.2, 0) is 0 Å². The van der Waals surface area contributed by atoms with Crippen LogP contribution in [0.25, 0.3) is 0 Å². The van der Waals surface area contributed by atoms with Crippen molar-refractivity contribution in [1.29, 1.82) is 0 Å². The minimum atomic E-state index is 0.574. The predicted molar refractivity (Wildman–Crippen MR) is 103 cm³/mol. The van der Waals surface area contributed by atoms with E-state index in [2.05, 4.69) is 43.0 Å². The Morgan fingerprint density at radius 2 is 0.913 bits per heavy atom. The van der Waals surface area contributed by atoms with Gasteiger partial charge < -0.3 is 9.80 Å². The fourth-order valence-corrected chi connectivity index (χ4v) is 3.46. The molecule has 1 aliphatic heterocycles. The summed E-state index contributed by atoms with van der Waals surface area (Å²) in [6, 6.07) is 0. The van der Waals surface area contributed by atoms with Gasteiger partial charge in [-0.2, -0.15) is 0 Å². The minimum Gasteiger partial charge on any atom is -0.356 e. The van der Waals surface area contributed by atoms with Crippen LogP contribution in [0.3, 0.4) is 0 Å². The second kappa shape index (κ2) is 13.7. The van der Waals surface area contributed by atoms with Crippen molar-refractivity contribution in [1.82, 2.24) is 9.80 Å². The lowest BCUT2D eigenvalue weighted by atomic mass is 10.1. The zero-order valence-electron chi connectivity index (χ0n) is 16.2. The average Bonchev–Trinajstić information content (AvgIpc) is 2.90. The van der Waals surface area contributed by atoms with Crippen LogP contribution in [0.4, 0.5) is 0 Å². The van der Waals surface area contributed by atoms with E-state index >= 15 is 0 Å². The highest BCUT2D eigenvalue weighted by atomic mass is 15.4. The molecule has 2 nitrogen and oxygen atoms in total. The van der Waals surface area contributed by atoms with Crippen molar-refractivity contribution >= 4 is 0 Å². The summed E-state index contributed by atoms with van der Waals surface area (Å²) in [7, 11) is 0. The molecule has 0 saturated carbocycles. The topological polar surface area (TPSA) is 6.48 Å². The van der Waals surface area contributed by atoms with Crippen LogP contribution in [0.1, 0.15) is 104 Å². The molecule has 0 aromatic rings. The molecular weight excluding hydrogens is 280 g/mol. The second-order valence-electron chi connectivity index (χ2n) is 7.29. The molecule has 1 rings (SSSR count). The van der Waals surface area contributed by atoms with Crippen molar-refractivity contribution in [3.8, 4) is 0 Å². The van der Waals surface area contributed by atoms with Crippen molar-refractivity contribution in [2.75, 3.05) is 13.1 Å². The molecule has 0 fully saturated rings. The van der Waals surface area contributed by atoms with Gasteiger partial charge in [-0.15, -0.1) is 0 Å². The summed E-state index contributed by atoms with van der Waals surface area (Å²) in [5.41, 5.74) is 0. The third-order valence-corrected chi connectivity index (χ3v) is 5.20. The van der Waals surface area contributed by atoms with Crippen molar-refractivity contribution in [3.05, 3.63) is 12.4 Å².